The van der Waals surface area contributed by atoms with E-state index in [0.29, 0.717) is 19.0 Å². The molecule has 1 amide bonds. The van der Waals surface area contributed by atoms with Crippen LogP contribution in [0.25, 0.3) is 0 Å². The molecule has 0 aliphatic heterocycles. The summed E-state index contributed by atoms with van der Waals surface area (Å²) in [6.45, 7) is 4.47. The Bertz CT molecular complexity index is 585. The lowest BCUT2D eigenvalue weighted by atomic mass is 9.90. The van der Waals surface area contributed by atoms with Gasteiger partial charge in [0.1, 0.15) is 0 Å². The van der Waals surface area contributed by atoms with Crippen LogP contribution < -0.4 is 9.97 Å². The topological polar surface area (TPSA) is 111 Å². The molecule has 1 rings (SSSR count). The third-order valence-corrected chi connectivity index (χ3v) is 3.22. The van der Waals surface area contributed by atoms with E-state index in [2.05, 4.69) is 5.32 Å². The zero-order chi connectivity index (χ0) is 18.9. The number of rotatable bonds is 9. The summed E-state index contributed by atoms with van der Waals surface area (Å²) in [5.74, 6) is -2.00. The maximum absolute atomic E-state index is 12.5. The van der Waals surface area contributed by atoms with Gasteiger partial charge in [0.2, 0.25) is 11.4 Å². The van der Waals surface area contributed by atoms with Crippen LogP contribution in [-0.2, 0) is 30.3 Å². The molecule has 1 radical (unpaired) electrons. The predicted molar refractivity (Wildman–Crippen MR) is 88.6 cm³/mol. The van der Waals surface area contributed by atoms with E-state index >= 15 is 0 Å². The van der Waals surface area contributed by atoms with Gasteiger partial charge in [-0.25, -0.2) is 9.59 Å². The summed E-state index contributed by atoms with van der Waals surface area (Å²) in [5.41, 5.74) is -1.43. The highest BCUT2D eigenvalue weighted by molar-refractivity contribution is 6.17. The van der Waals surface area contributed by atoms with Crippen LogP contribution in [0.3, 0.4) is 0 Å². The number of hydrogen-bond acceptors (Lipinski definition) is 7. The van der Waals surface area contributed by atoms with E-state index < -0.39 is 23.4 Å². The fraction of sp³-hybridized carbons (Fsp3) is 0.438. The molecule has 0 aliphatic carbocycles. The molecule has 0 unspecified atom stereocenters. The van der Waals surface area contributed by atoms with Crippen molar-refractivity contribution in [1.29, 1.82) is 0 Å². The maximum Gasteiger partial charge on any atom is 0.569 e. The molecular weight excluding hydrogens is 329 g/mol. The molecule has 0 heterocycles. The first-order valence-corrected chi connectivity index (χ1v) is 7.74. The Morgan fingerprint density at radius 1 is 1.08 bits per heavy atom. The van der Waals surface area contributed by atoms with Gasteiger partial charge in [-0.05, 0) is 31.5 Å². The van der Waals surface area contributed by atoms with E-state index in [1.165, 1.54) is 19.1 Å². The maximum atomic E-state index is 12.5. The molecule has 1 aromatic carbocycles. The predicted octanol–water partition coefficient (Wildman–Crippen LogP) is 0.135. The number of carbonyl (C=O) groups excluding carboxylic acids is 3. The van der Waals surface area contributed by atoms with Gasteiger partial charge < -0.3 is 24.5 Å². The monoisotopic (exact) mass is 350 g/mol. The fourth-order valence-electron chi connectivity index (χ4n) is 2.24. The molecule has 0 spiro atoms. The van der Waals surface area contributed by atoms with Crippen LogP contribution in [0.1, 0.15) is 26.3 Å². The zero-order valence-electron chi connectivity index (χ0n) is 14.4. The first-order valence-electron chi connectivity index (χ1n) is 7.74. The molecule has 2 N–H and O–H groups in total. The highest BCUT2D eigenvalue weighted by Gasteiger charge is 2.50. The summed E-state index contributed by atoms with van der Waals surface area (Å²) < 4.78 is 14.8. The lowest BCUT2D eigenvalue weighted by Gasteiger charge is -2.29. The van der Waals surface area contributed by atoms with E-state index in [1.54, 1.807) is 26.0 Å². The molecule has 135 valence electrons. The second-order valence-corrected chi connectivity index (χ2v) is 5.07. The van der Waals surface area contributed by atoms with E-state index in [-0.39, 0.29) is 19.6 Å². The Kier molecular flexibility index (Phi) is 7.94. The molecule has 0 saturated heterocycles. The van der Waals surface area contributed by atoms with Crippen molar-refractivity contribution in [3.8, 4) is 5.75 Å². The number of benzene rings is 1. The molecule has 0 bridgehead atoms. The number of carbonyl (C=O) groups is 3. The highest BCUT2D eigenvalue weighted by Crippen LogP contribution is 2.21. The summed E-state index contributed by atoms with van der Waals surface area (Å²) in [6.07, 6.45) is -0.159. The quantitative estimate of drug-likeness (QED) is 0.370. The molecule has 25 heavy (non-hydrogen) atoms. The number of ether oxygens (including phenoxy) is 2. The minimum atomic E-state index is -1.98. The fourth-order valence-corrected chi connectivity index (χ4v) is 2.24. The smallest absolute Gasteiger partial charge is 0.537 e. The Morgan fingerprint density at radius 3 is 2.00 bits per heavy atom. The van der Waals surface area contributed by atoms with Gasteiger partial charge >= 0.3 is 19.6 Å². The normalized spacial score (nSPS) is 10.6. The van der Waals surface area contributed by atoms with Crippen molar-refractivity contribution in [3.05, 3.63) is 29.8 Å². The number of esters is 2. The minimum absolute atomic E-state index is 0.0404. The van der Waals surface area contributed by atoms with Gasteiger partial charge in [0.25, 0.3) is 0 Å². The Balaban J connectivity index is 3.23. The molecule has 9 heteroatoms. The van der Waals surface area contributed by atoms with Crippen molar-refractivity contribution in [2.45, 2.75) is 32.7 Å². The molecule has 0 atom stereocenters. The van der Waals surface area contributed by atoms with Crippen LogP contribution in [0.15, 0.2) is 24.3 Å². The van der Waals surface area contributed by atoms with Gasteiger partial charge in [0.15, 0.2) is 0 Å². The molecule has 0 saturated carbocycles. The third kappa shape index (κ3) is 5.49. The zero-order valence-corrected chi connectivity index (χ0v) is 14.4. The van der Waals surface area contributed by atoms with Gasteiger partial charge in [-0.2, -0.15) is 0 Å². The van der Waals surface area contributed by atoms with Crippen LogP contribution in [0.5, 0.6) is 5.75 Å². The first-order chi connectivity index (χ1) is 11.9. The van der Waals surface area contributed by atoms with Crippen LogP contribution in [0.2, 0.25) is 0 Å². The van der Waals surface area contributed by atoms with Crippen molar-refractivity contribution in [2.75, 3.05) is 13.2 Å². The summed E-state index contributed by atoms with van der Waals surface area (Å²) in [7, 11) is 0.536. The average Bonchev–Trinajstić information content (AvgIpc) is 2.56. The second-order valence-electron chi connectivity index (χ2n) is 5.07. The van der Waals surface area contributed by atoms with Crippen molar-refractivity contribution in [3.63, 3.8) is 0 Å². The third-order valence-electron chi connectivity index (χ3n) is 3.22. The molecule has 8 nitrogen and oxygen atoms in total. The van der Waals surface area contributed by atoms with E-state index in [9.17, 15) is 14.4 Å². The van der Waals surface area contributed by atoms with E-state index in [0.717, 1.165) is 0 Å². The van der Waals surface area contributed by atoms with Crippen molar-refractivity contribution in [2.24, 2.45) is 0 Å². The van der Waals surface area contributed by atoms with Gasteiger partial charge in [-0.3, -0.25) is 4.79 Å². The average molecular weight is 350 g/mol. The van der Waals surface area contributed by atoms with Gasteiger partial charge in [0, 0.05) is 13.3 Å². The number of hydrogen-bond donors (Lipinski definition) is 2. The SMILES string of the molecule is CCOC(=O)C(Cc1ccc(O[B]O)cc1)(NC(C)=O)C(=O)OCC. The standard InChI is InChI=1S/C16H21BNO7/c1-4-23-14(20)16(18-11(3)19,15(21)24-5-2)10-12-6-8-13(9-7-12)25-17-22/h6-9,22H,4-5,10H2,1-3H3,(H,18,19). The van der Waals surface area contributed by atoms with Crippen LogP contribution in [-0.4, -0.2) is 49.3 Å². The van der Waals surface area contributed by atoms with Crippen LogP contribution in [0, 0.1) is 0 Å². The van der Waals surface area contributed by atoms with Gasteiger partial charge in [-0.1, -0.05) is 12.1 Å². The summed E-state index contributed by atoms with van der Waals surface area (Å²) in [5, 5.41) is 11.0. The van der Waals surface area contributed by atoms with Crippen molar-refractivity contribution >= 4 is 25.5 Å². The highest BCUT2D eigenvalue weighted by atomic mass is 16.6. The largest absolute Gasteiger partial charge is 0.569 e. The first kappa shape index (κ1) is 20.5. The molecular formula is C16H21BNO7. The Morgan fingerprint density at radius 2 is 1.60 bits per heavy atom. The van der Waals surface area contributed by atoms with Crippen LogP contribution in [0.4, 0.5) is 0 Å². The Labute approximate surface area is 146 Å². The lowest BCUT2D eigenvalue weighted by Crippen LogP contribution is -2.62. The Hall–Kier alpha value is -2.55. The lowest BCUT2D eigenvalue weighted by molar-refractivity contribution is -0.168. The molecule has 0 fully saturated rings. The van der Waals surface area contributed by atoms with Crippen LogP contribution >= 0.6 is 0 Å². The number of amides is 1. The molecule has 0 aromatic heterocycles. The van der Waals surface area contributed by atoms with E-state index in [4.69, 9.17) is 19.2 Å². The summed E-state index contributed by atoms with van der Waals surface area (Å²) in [6, 6.07) is 6.26. The van der Waals surface area contributed by atoms with Gasteiger partial charge in [-0.15, -0.1) is 0 Å². The number of nitrogens with one attached hydrogen (secondary N) is 1. The van der Waals surface area contributed by atoms with Crippen molar-refractivity contribution in [1.82, 2.24) is 5.32 Å². The van der Waals surface area contributed by atoms with Crippen molar-refractivity contribution < 1.29 is 33.5 Å². The molecule has 0 aliphatic rings. The van der Waals surface area contributed by atoms with Gasteiger partial charge in [0.05, 0.1) is 19.0 Å². The van der Waals surface area contributed by atoms with E-state index in [1.807, 2.05) is 0 Å². The summed E-state index contributed by atoms with van der Waals surface area (Å²) >= 11 is 0. The summed E-state index contributed by atoms with van der Waals surface area (Å²) in [4.78, 5) is 36.6. The second kappa shape index (κ2) is 9.68. The molecule has 1 aromatic rings. The minimum Gasteiger partial charge on any atom is -0.537 e.